The van der Waals surface area contributed by atoms with Gasteiger partial charge in [0.2, 0.25) is 5.88 Å². The molecule has 0 unspecified atom stereocenters. The number of methoxy groups -OCH3 is 1. The van der Waals surface area contributed by atoms with E-state index in [0.717, 1.165) is 55.5 Å². The van der Waals surface area contributed by atoms with E-state index in [9.17, 15) is 9.90 Å². The average molecular weight is 599 g/mol. The second-order valence-electron chi connectivity index (χ2n) is 12.4. The zero-order valence-electron chi connectivity index (χ0n) is 25.1. The predicted octanol–water partition coefficient (Wildman–Crippen LogP) is 4.52. The van der Waals surface area contributed by atoms with Gasteiger partial charge in [-0.25, -0.2) is 9.37 Å². The van der Waals surface area contributed by atoms with Gasteiger partial charge in [0.1, 0.15) is 5.82 Å². The number of pyridine rings is 3. The summed E-state index contributed by atoms with van der Waals surface area (Å²) in [4.78, 5) is 29.4. The molecule has 10 heteroatoms. The van der Waals surface area contributed by atoms with Crippen molar-refractivity contribution in [3.8, 4) is 5.88 Å². The van der Waals surface area contributed by atoms with Gasteiger partial charge in [0.15, 0.2) is 5.43 Å². The van der Waals surface area contributed by atoms with Crippen LogP contribution in [-0.4, -0.2) is 70.0 Å². The molecule has 0 spiro atoms. The highest BCUT2D eigenvalue weighted by Crippen LogP contribution is 2.39. The van der Waals surface area contributed by atoms with Crippen LogP contribution in [0.1, 0.15) is 49.3 Å². The highest BCUT2D eigenvalue weighted by Gasteiger charge is 2.31. The second-order valence-corrected chi connectivity index (χ2v) is 12.4. The van der Waals surface area contributed by atoms with E-state index >= 15 is 4.39 Å². The Bertz CT molecular complexity index is 1690. The van der Waals surface area contributed by atoms with Crippen molar-refractivity contribution in [1.82, 2.24) is 19.4 Å². The summed E-state index contributed by atoms with van der Waals surface area (Å²) in [6, 6.07) is 11.7. The molecule has 1 N–H and O–H groups in total. The number of β-amino-alcohol motifs (C(OH)–C–C–N with tert-alkyl or cyclic N) is 1. The number of benzene rings is 1. The second kappa shape index (κ2) is 12.2. The maximum absolute atomic E-state index is 15.6. The van der Waals surface area contributed by atoms with Gasteiger partial charge in [-0.15, -0.1) is 0 Å². The van der Waals surface area contributed by atoms with Crippen LogP contribution < -0.4 is 20.0 Å². The highest BCUT2D eigenvalue weighted by molar-refractivity contribution is 5.84. The molecule has 230 valence electrons. The van der Waals surface area contributed by atoms with Gasteiger partial charge < -0.3 is 24.2 Å². The van der Waals surface area contributed by atoms with E-state index < -0.39 is 11.9 Å². The molecule has 7 rings (SSSR count). The minimum Gasteiger partial charge on any atom is -0.481 e. The van der Waals surface area contributed by atoms with Crippen LogP contribution in [0.3, 0.4) is 0 Å². The largest absolute Gasteiger partial charge is 0.481 e. The van der Waals surface area contributed by atoms with E-state index in [0.29, 0.717) is 61.2 Å². The van der Waals surface area contributed by atoms with Crippen LogP contribution in [0.4, 0.5) is 15.8 Å². The number of aliphatic hydroxyl groups is 1. The van der Waals surface area contributed by atoms with Crippen LogP contribution in [-0.2, 0) is 13.1 Å². The predicted molar refractivity (Wildman–Crippen MR) is 169 cm³/mol. The Labute approximate surface area is 256 Å². The van der Waals surface area contributed by atoms with E-state index in [-0.39, 0.29) is 11.5 Å². The molecule has 1 saturated carbocycles. The van der Waals surface area contributed by atoms with Crippen molar-refractivity contribution in [3.63, 3.8) is 0 Å². The molecule has 3 aliphatic rings. The monoisotopic (exact) mass is 598 g/mol. The van der Waals surface area contributed by atoms with Crippen LogP contribution in [0.5, 0.6) is 5.88 Å². The van der Waals surface area contributed by atoms with E-state index in [1.807, 2.05) is 41.6 Å². The molecular formula is C34H39FN6O3. The van der Waals surface area contributed by atoms with Crippen molar-refractivity contribution in [2.75, 3.05) is 43.1 Å². The Morgan fingerprint density at radius 3 is 2.68 bits per heavy atom. The average Bonchev–Trinajstić information content (AvgIpc) is 3.81. The van der Waals surface area contributed by atoms with Crippen LogP contribution in [0, 0.1) is 5.82 Å². The zero-order chi connectivity index (χ0) is 30.2. The van der Waals surface area contributed by atoms with Gasteiger partial charge in [-0.3, -0.25) is 14.7 Å². The lowest BCUT2D eigenvalue weighted by Gasteiger charge is -2.40. The Morgan fingerprint density at radius 2 is 1.93 bits per heavy atom. The SMILES string of the molecule is COc1cc(CN(Cc2cn(C3CC3)c3cc(N4CC[C@@H](O)C4)c(F)cc3c2=O)[C@H]2CCCN(c3cccnc3)C2)ccn1. The smallest absolute Gasteiger partial charge is 0.213 e. The summed E-state index contributed by atoms with van der Waals surface area (Å²) in [6.07, 6.45) is 11.7. The number of nitrogens with zero attached hydrogens (tertiary/aromatic N) is 6. The van der Waals surface area contributed by atoms with E-state index in [1.165, 1.54) is 6.07 Å². The fourth-order valence-electron chi connectivity index (χ4n) is 6.84. The molecule has 1 aromatic carbocycles. The minimum absolute atomic E-state index is 0.124. The maximum atomic E-state index is 15.6. The number of piperidine rings is 1. The lowest BCUT2D eigenvalue weighted by atomic mass is 10.0. The number of aliphatic hydroxyl groups excluding tert-OH is 1. The number of hydrogen-bond acceptors (Lipinski definition) is 8. The van der Waals surface area contributed by atoms with Gasteiger partial charge in [0.25, 0.3) is 0 Å². The van der Waals surface area contributed by atoms with E-state index in [4.69, 9.17) is 4.74 Å². The van der Waals surface area contributed by atoms with Crippen molar-refractivity contribution in [2.45, 2.75) is 63.4 Å². The lowest BCUT2D eigenvalue weighted by molar-refractivity contribution is 0.158. The Morgan fingerprint density at radius 1 is 1.05 bits per heavy atom. The number of ether oxygens (including phenoxy) is 1. The summed E-state index contributed by atoms with van der Waals surface area (Å²) in [7, 11) is 1.61. The highest BCUT2D eigenvalue weighted by atomic mass is 19.1. The number of aromatic nitrogens is 3. The van der Waals surface area contributed by atoms with Crippen molar-refractivity contribution in [3.05, 3.63) is 88.4 Å². The van der Waals surface area contributed by atoms with Crippen LogP contribution >= 0.6 is 0 Å². The summed E-state index contributed by atoms with van der Waals surface area (Å²) in [5.74, 6) is 0.144. The molecule has 2 aliphatic heterocycles. The summed E-state index contributed by atoms with van der Waals surface area (Å²) < 4.78 is 23.2. The first kappa shape index (κ1) is 28.7. The number of rotatable bonds is 9. The molecule has 2 atom stereocenters. The topological polar surface area (TPSA) is 87.0 Å². The van der Waals surface area contributed by atoms with Crippen molar-refractivity contribution in [1.29, 1.82) is 0 Å². The molecule has 1 aliphatic carbocycles. The van der Waals surface area contributed by atoms with Crippen molar-refractivity contribution < 1.29 is 14.2 Å². The summed E-state index contributed by atoms with van der Waals surface area (Å²) in [6.45, 7) is 3.84. The van der Waals surface area contributed by atoms with E-state index in [2.05, 4.69) is 30.4 Å². The number of hydrogen-bond donors (Lipinski definition) is 1. The number of halogens is 1. The Kier molecular flexibility index (Phi) is 7.95. The number of anilines is 2. The van der Waals surface area contributed by atoms with Gasteiger partial charge in [-0.1, -0.05) is 0 Å². The standard InChI is InChI=1S/C34H39FN6O3/c1-44-33-14-23(8-11-37-33)18-40(27-5-3-12-38(21-27)26-4-2-10-36-17-26)19-24-20-41(25-6-7-25)31-16-32(39-13-9-28(42)22-39)30(35)15-29(31)34(24)43/h2,4,8,10-11,14-17,20,25,27-28,42H,3,5-7,9,12-13,18-19,21-22H2,1H3/t27-,28+/m0/s1. The number of fused-ring (bicyclic) bond motifs is 1. The van der Waals surface area contributed by atoms with Crippen LogP contribution in [0.2, 0.25) is 0 Å². The maximum Gasteiger partial charge on any atom is 0.213 e. The van der Waals surface area contributed by atoms with Crippen LogP contribution in [0.25, 0.3) is 10.9 Å². The third-order valence-corrected chi connectivity index (χ3v) is 9.31. The molecule has 4 aromatic rings. The minimum atomic E-state index is -0.460. The fraction of sp³-hybridized carbons (Fsp3) is 0.441. The molecule has 5 heterocycles. The fourth-order valence-corrected chi connectivity index (χ4v) is 6.84. The normalized spacial score (nSPS) is 20.5. The molecule has 2 saturated heterocycles. The molecule has 9 nitrogen and oxygen atoms in total. The van der Waals surface area contributed by atoms with Gasteiger partial charge in [-0.05, 0) is 68.0 Å². The van der Waals surface area contributed by atoms with Crippen molar-refractivity contribution in [2.24, 2.45) is 0 Å². The first-order valence-electron chi connectivity index (χ1n) is 15.6. The van der Waals surface area contributed by atoms with Gasteiger partial charge >= 0.3 is 0 Å². The quantitative estimate of drug-likeness (QED) is 0.301. The molecular weight excluding hydrogens is 559 g/mol. The van der Waals surface area contributed by atoms with Gasteiger partial charge in [0, 0.05) is 87.0 Å². The third kappa shape index (κ3) is 5.88. The molecule has 0 radical (unpaired) electrons. The van der Waals surface area contributed by atoms with Gasteiger partial charge in [-0.2, -0.15) is 0 Å². The first-order valence-corrected chi connectivity index (χ1v) is 15.6. The lowest BCUT2D eigenvalue weighted by Crippen LogP contribution is -2.48. The zero-order valence-corrected chi connectivity index (χ0v) is 25.1. The summed E-state index contributed by atoms with van der Waals surface area (Å²) in [5.41, 5.74) is 3.93. The molecule has 3 aromatic heterocycles. The molecule has 3 fully saturated rings. The van der Waals surface area contributed by atoms with E-state index in [1.54, 1.807) is 19.5 Å². The Balaban J connectivity index is 1.26. The van der Waals surface area contributed by atoms with Crippen LogP contribution in [0.15, 0.2) is 66.0 Å². The molecule has 0 amide bonds. The molecule has 44 heavy (non-hydrogen) atoms. The van der Waals surface area contributed by atoms with Crippen molar-refractivity contribution >= 4 is 22.3 Å². The third-order valence-electron chi connectivity index (χ3n) is 9.31. The Hall–Kier alpha value is -4.02. The summed E-state index contributed by atoms with van der Waals surface area (Å²) >= 11 is 0. The molecule has 0 bridgehead atoms. The van der Waals surface area contributed by atoms with Gasteiger partial charge in [0.05, 0.1) is 36.3 Å². The first-order chi connectivity index (χ1) is 21.5. The summed E-state index contributed by atoms with van der Waals surface area (Å²) in [5, 5.41) is 10.5.